The Labute approximate surface area is 213 Å². The first-order chi connectivity index (χ1) is 17.2. The van der Waals surface area contributed by atoms with E-state index in [0.717, 1.165) is 34.4 Å². The first-order valence-electron chi connectivity index (χ1n) is 12.3. The van der Waals surface area contributed by atoms with Gasteiger partial charge < -0.3 is 9.84 Å². The molecule has 1 N–H and O–H groups in total. The van der Waals surface area contributed by atoms with E-state index in [1.165, 1.54) is 4.31 Å². The molecule has 0 radical (unpaired) electrons. The number of piperidine rings is 1. The maximum atomic E-state index is 13.7. The normalized spacial score (nSPS) is 16.9. The maximum absolute atomic E-state index is 13.7. The van der Waals surface area contributed by atoms with Gasteiger partial charge >= 0.3 is 0 Å². The highest BCUT2D eigenvalue weighted by molar-refractivity contribution is 7.89. The van der Waals surface area contributed by atoms with Crippen LogP contribution >= 0.6 is 0 Å². The SMILES string of the molecule is CCc1cccc(C)c1NC(=O)C1CCCN(S(=O)(=O)c2c(C)noc2/C=C/c2ccc(C)cc2)C1. The van der Waals surface area contributed by atoms with Crippen molar-refractivity contribution in [2.45, 2.75) is 51.9 Å². The lowest BCUT2D eigenvalue weighted by atomic mass is 9.98. The van der Waals surface area contributed by atoms with Crippen LogP contribution in [0.3, 0.4) is 0 Å². The van der Waals surface area contributed by atoms with Crippen molar-refractivity contribution in [3.8, 4) is 0 Å². The van der Waals surface area contributed by atoms with Gasteiger partial charge in [0.25, 0.3) is 0 Å². The van der Waals surface area contributed by atoms with Gasteiger partial charge in [0.05, 0.1) is 5.92 Å². The van der Waals surface area contributed by atoms with Crippen LogP contribution < -0.4 is 5.32 Å². The zero-order valence-corrected chi connectivity index (χ0v) is 22.1. The Hall–Kier alpha value is -3.23. The molecule has 1 saturated heterocycles. The summed E-state index contributed by atoms with van der Waals surface area (Å²) in [6.45, 7) is 8.11. The summed E-state index contributed by atoms with van der Waals surface area (Å²) in [4.78, 5) is 13.2. The molecule has 1 unspecified atom stereocenters. The van der Waals surface area contributed by atoms with E-state index in [9.17, 15) is 13.2 Å². The van der Waals surface area contributed by atoms with Gasteiger partial charge in [0.1, 0.15) is 5.69 Å². The number of carbonyl (C=O) groups is 1. The highest BCUT2D eigenvalue weighted by Gasteiger charge is 2.37. The van der Waals surface area contributed by atoms with Gasteiger partial charge in [-0.3, -0.25) is 4.79 Å². The van der Waals surface area contributed by atoms with E-state index in [0.29, 0.717) is 25.1 Å². The summed E-state index contributed by atoms with van der Waals surface area (Å²) in [5, 5.41) is 7.00. The second-order valence-corrected chi connectivity index (χ2v) is 11.2. The summed E-state index contributed by atoms with van der Waals surface area (Å²) >= 11 is 0. The van der Waals surface area contributed by atoms with Crippen LogP contribution in [0.1, 0.15) is 53.5 Å². The largest absolute Gasteiger partial charge is 0.355 e. The summed E-state index contributed by atoms with van der Waals surface area (Å²) < 4.78 is 34.2. The Morgan fingerprint density at radius 1 is 1.14 bits per heavy atom. The lowest BCUT2D eigenvalue weighted by Crippen LogP contribution is -2.44. The Bertz CT molecular complexity index is 1370. The molecule has 0 spiro atoms. The van der Waals surface area contributed by atoms with Crippen LogP contribution in [-0.2, 0) is 21.2 Å². The van der Waals surface area contributed by atoms with E-state index in [-0.39, 0.29) is 23.1 Å². The van der Waals surface area contributed by atoms with E-state index in [1.54, 1.807) is 19.1 Å². The molecule has 0 bridgehead atoms. The van der Waals surface area contributed by atoms with Crippen molar-refractivity contribution in [3.05, 3.63) is 76.2 Å². The number of benzene rings is 2. The number of nitrogens with zero attached hydrogens (tertiary/aromatic N) is 2. The van der Waals surface area contributed by atoms with Gasteiger partial charge in [-0.05, 0) is 62.8 Å². The minimum Gasteiger partial charge on any atom is -0.355 e. The summed E-state index contributed by atoms with van der Waals surface area (Å²) in [5.41, 5.74) is 5.25. The molecule has 4 rings (SSSR count). The van der Waals surface area contributed by atoms with Gasteiger partial charge in [0, 0.05) is 18.8 Å². The molecule has 1 aliphatic heterocycles. The number of amides is 1. The molecule has 1 amide bonds. The van der Waals surface area contributed by atoms with Crippen molar-refractivity contribution in [1.82, 2.24) is 9.46 Å². The van der Waals surface area contributed by atoms with Crippen LogP contribution in [0.15, 0.2) is 51.9 Å². The van der Waals surface area contributed by atoms with Crippen molar-refractivity contribution < 1.29 is 17.7 Å². The van der Waals surface area contributed by atoms with Gasteiger partial charge in [-0.25, -0.2) is 8.42 Å². The molecule has 0 saturated carbocycles. The topological polar surface area (TPSA) is 92.5 Å². The van der Waals surface area contributed by atoms with Gasteiger partial charge in [0.15, 0.2) is 10.7 Å². The van der Waals surface area contributed by atoms with Crippen LogP contribution in [0, 0.1) is 26.7 Å². The lowest BCUT2D eigenvalue weighted by molar-refractivity contribution is -0.120. The van der Waals surface area contributed by atoms with E-state index in [2.05, 4.69) is 10.5 Å². The van der Waals surface area contributed by atoms with Crippen molar-refractivity contribution in [2.75, 3.05) is 18.4 Å². The zero-order valence-electron chi connectivity index (χ0n) is 21.2. The molecule has 190 valence electrons. The van der Waals surface area contributed by atoms with Crippen LogP contribution in [0.25, 0.3) is 12.2 Å². The first kappa shape index (κ1) is 25.9. The molecule has 1 aromatic heterocycles. The number of para-hydroxylation sites is 1. The van der Waals surface area contributed by atoms with E-state index in [1.807, 2.05) is 63.2 Å². The second-order valence-electron chi connectivity index (χ2n) is 9.36. The van der Waals surface area contributed by atoms with Crippen molar-refractivity contribution >= 4 is 33.8 Å². The number of hydrogen-bond donors (Lipinski definition) is 1. The number of carbonyl (C=O) groups excluding carboxylic acids is 1. The van der Waals surface area contributed by atoms with Crippen LogP contribution in [-0.4, -0.2) is 36.9 Å². The molecular formula is C28H33N3O4S. The molecule has 0 aliphatic carbocycles. The Morgan fingerprint density at radius 2 is 1.89 bits per heavy atom. The molecule has 1 fully saturated rings. The van der Waals surface area contributed by atoms with Crippen molar-refractivity contribution in [2.24, 2.45) is 5.92 Å². The lowest BCUT2D eigenvalue weighted by Gasteiger charge is -2.31. The third kappa shape index (κ3) is 5.44. The third-order valence-corrected chi connectivity index (χ3v) is 8.70. The predicted molar refractivity (Wildman–Crippen MR) is 142 cm³/mol. The fourth-order valence-electron chi connectivity index (χ4n) is 4.58. The van der Waals surface area contributed by atoms with Crippen LogP contribution in [0.5, 0.6) is 0 Å². The van der Waals surface area contributed by atoms with E-state index < -0.39 is 15.9 Å². The van der Waals surface area contributed by atoms with Gasteiger partial charge in [-0.1, -0.05) is 66.2 Å². The number of rotatable bonds is 7. The minimum atomic E-state index is -3.91. The summed E-state index contributed by atoms with van der Waals surface area (Å²) in [6.07, 6.45) is 5.47. The van der Waals surface area contributed by atoms with Crippen LogP contribution in [0.2, 0.25) is 0 Å². The molecule has 1 atom stereocenters. The monoisotopic (exact) mass is 507 g/mol. The Morgan fingerprint density at radius 3 is 2.61 bits per heavy atom. The number of nitrogens with one attached hydrogen (secondary N) is 1. The second kappa shape index (κ2) is 10.8. The summed E-state index contributed by atoms with van der Waals surface area (Å²) in [5.74, 6) is -0.405. The molecule has 2 aromatic carbocycles. The highest BCUT2D eigenvalue weighted by atomic mass is 32.2. The third-order valence-electron chi connectivity index (χ3n) is 6.68. The molecular weight excluding hydrogens is 474 g/mol. The summed E-state index contributed by atoms with van der Waals surface area (Å²) in [6, 6.07) is 13.8. The summed E-state index contributed by atoms with van der Waals surface area (Å²) in [7, 11) is -3.91. The Balaban J connectivity index is 1.54. The van der Waals surface area contributed by atoms with Gasteiger partial charge in [-0.2, -0.15) is 4.31 Å². The molecule has 8 heteroatoms. The highest BCUT2D eigenvalue weighted by Crippen LogP contribution is 2.30. The zero-order chi connectivity index (χ0) is 25.9. The minimum absolute atomic E-state index is 0.0547. The van der Waals surface area contributed by atoms with Gasteiger partial charge in [-0.15, -0.1) is 0 Å². The van der Waals surface area contributed by atoms with Crippen molar-refractivity contribution in [1.29, 1.82) is 0 Å². The predicted octanol–water partition coefficient (Wildman–Crippen LogP) is 5.37. The standard InChI is InChI=1S/C28H33N3O4S/c1-5-23-9-6-8-20(3)26(23)29-28(32)24-10-7-17-31(18-24)36(33,34)27-21(4)30-35-25(27)16-15-22-13-11-19(2)12-14-22/h6,8-9,11-16,24H,5,7,10,17-18H2,1-4H3,(H,29,32)/b16-15+. The van der Waals surface area contributed by atoms with Crippen molar-refractivity contribution in [3.63, 3.8) is 0 Å². The maximum Gasteiger partial charge on any atom is 0.248 e. The van der Waals surface area contributed by atoms with E-state index >= 15 is 0 Å². The fourth-order valence-corrected chi connectivity index (χ4v) is 6.35. The van der Waals surface area contributed by atoms with Gasteiger partial charge in [0.2, 0.25) is 15.9 Å². The smallest absolute Gasteiger partial charge is 0.248 e. The molecule has 1 aliphatic rings. The molecule has 2 heterocycles. The molecule has 36 heavy (non-hydrogen) atoms. The fraction of sp³-hybridized carbons (Fsp3) is 0.357. The average molecular weight is 508 g/mol. The average Bonchev–Trinajstić information content (AvgIpc) is 3.26. The van der Waals surface area contributed by atoms with Crippen LogP contribution in [0.4, 0.5) is 5.69 Å². The number of sulfonamides is 1. The molecule has 3 aromatic rings. The Kier molecular flexibility index (Phi) is 7.76. The molecule has 7 nitrogen and oxygen atoms in total. The number of aromatic nitrogens is 1. The quantitative estimate of drug-likeness (QED) is 0.464. The number of anilines is 1. The number of aryl methyl sites for hydroxylation is 4. The van der Waals surface area contributed by atoms with E-state index in [4.69, 9.17) is 4.52 Å². The first-order valence-corrected chi connectivity index (χ1v) is 13.7. The number of hydrogen-bond acceptors (Lipinski definition) is 5.